The van der Waals surface area contributed by atoms with Gasteiger partial charge in [0.15, 0.2) is 0 Å². The Hall–Kier alpha value is -3.04. The minimum absolute atomic E-state index is 0.398. The fourth-order valence-electron chi connectivity index (χ4n) is 5.08. The SMILES string of the molecule is CC(=CC1=CCCC2C(c3ccc4ccccc4c3)=CN=C2S1)Cc1ccc2c(c1)CCO2. The highest BCUT2D eigenvalue weighted by Gasteiger charge is 2.28. The lowest BCUT2D eigenvalue weighted by Gasteiger charge is -2.15. The highest BCUT2D eigenvalue weighted by atomic mass is 32.2. The smallest absolute Gasteiger partial charge is 0.122 e. The quantitative estimate of drug-likeness (QED) is 0.406. The first-order chi connectivity index (χ1) is 16.2. The molecule has 0 aromatic heterocycles. The summed E-state index contributed by atoms with van der Waals surface area (Å²) in [6, 6.07) is 22.0. The molecule has 0 saturated heterocycles. The Labute approximate surface area is 199 Å². The molecule has 0 saturated carbocycles. The van der Waals surface area contributed by atoms with E-state index in [9.17, 15) is 0 Å². The van der Waals surface area contributed by atoms with E-state index in [1.54, 1.807) is 0 Å². The standard InChI is InChI=1S/C30H27NOS/c1-20(15-21-9-12-29-25(17-21)13-14-32-29)16-26-7-4-8-27-28(19-31-30(27)33-26)24-11-10-22-5-2-3-6-23(22)18-24/h2-3,5-7,9-12,16-19,27H,4,8,13-15H2,1H3. The molecule has 164 valence electrons. The molecule has 0 aliphatic carbocycles. The first kappa shape index (κ1) is 20.6. The molecule has 3 heteroatoms. The summed E-state index contributed by atoms with van der Waals surface area (Å²) in [4.78, 5) is 6.20. The van der Waals surface area contributed by atoms with E-state index >= 15 is 0 Å². The summed E-state index contributed by atoms with van der Waals surface area (Å²) in [7, 11) is 0. The predicted molar refractivity (Wildman–Crippen MR) is 141 cm³/mol. The Morgan fingerprint density at radius 1 is 1.09 bits per heavy atom. The molecule has 3 aromatic carbocycles. The van der Waals surface area contributed by atoms with Gasteiger partial charge in [-0.05, 0) is 77.4 Å². The van der Waals surface area contributed by atoms with Crippen LogP contribution in [-0.2, 0) is 12.8 Å². The van der Waals surface area contributed by atoms with Crippen LogP contribution in [0.25, 0.3) is 16.3 Å². The maximum absolute atomic E-state index is 5.65. The molecule has 3 heterocycles. The van der Waals surface area contributed by atoms with Crippen LogP contribution in [0.4, 0.5) is 0 Å². The molecule has 6 rings (SSSR count). The molecule has 0 N–H and O–H groups in total. The minimum atomic E-state index is 0.398. The number of hydrogen-bond donors (Lipinski definition) is 0. The molecular formula is C30H27NOS. The van der Waals surface area contributed by atoms with Crippen molar-refractivity contribution in [3.63, 3.8) is 0 Å². The Morgan fingerprint density at radius 2 is 2.00 bits per heavy atom. The third-order valence-corrected chi connectivity index (χ3v) is 7.86. The van der Waals surface area contributed by atoms with E-state index in [0.717, 1.165) is 38.0 Å². The van der Waals surface area contributed by atoms with Gasteiger partial charge >= 0.3 is 0 Å². The lowest BCUT2D eigenvalue weighted by Crippen LogP contribution is -2.08. The number of nitrogens with zero attached hydrogens (tertiary/aromatic N) is 1. The fraction of sp³-hybridized carbons (Fsp3) is 0.233. The van der Waals surface area contributed by atoms with E-state index in [1.807, 2.05) is 11.8 Å². The maximum atomic E-state index is 5.65. The lowest BCUT2D eigenvalue weighted by atomic mass is 9.90. The van der Waals surface area contributed by atoms with Gasteiger partial charge in [-0.15, -0.1) is 0 Å². The number of benzene rings is 3. The zero-order chi connectivity index (χ0) is 22.2. The van der Waals surface area contributed by atoms with Crippen LogP contribution < -0.4 is 4.74 Å². The molecule has 33 heavy (non-hydrogen) atoms. The molecule has 3 aromatic rings. The van der Waals surface area contributed by atoms with Crippen LogP contribution in [0.15, 0.2) is 94.5 Å². The second kappa shape index (κ2) is 8.72. The second-order valence-electron chi connectivity index (χ2n) is 9.16. The first-order valence-corrected chi connectivity index (χ1v) is 12.6. The van der Waals surface area contributed by atoms with Gasteiger partial charge in [-0.1, -0.05) is 71.9 Å². The average Bonchev–Trinajstić information content (AvgIpc) is 3.40. The summed E-state index contributed by atoms with van der Waals surface area (Å²) >= 11 is 1.85. The van der Waals surface area contributed by atoms with E-state index in [-0.39, 0.29) is 0 Å². The summed E-state index contributed by atoms with van der Waals surface area (Å²) in [5, 5.41) is 3.82. The van der Waals surface area contributed by atoms with Crippen molar-refractivity contribution in [2.75, 3.05) is 6.61 Å². The molecule has 1 unspecified atom stereocenters. The van der Waals surface area contributed by atoms with Gasteiger partial charge in [0.2, 0.25) is 0 Å². The van der Waals surface area contributed by atoms with Crippen molar-refractivity contribution >= 4 is 33.2 Å². The second-order valence-corrected chi connectivity index (χ2v) is 10.3. The van der Waals surface area contributed by atoms with E-state index in [2.05, 4.69) is 85.9 Å². The van der Waals surface area contributed by atoms with Crippen molar-refractivity contribution in [1.29, 1.82) is 0 Å². The molecule has 0 spiro atoms. The van der Waals surface area contributed by atoms with Gasteiger partial charge in [0.1, 0.15) is 5.75 Å². The normalized spacial score (nSPS) is 19.8. The van der Waals surface area contributed by atoms with Crippen LogP contribution in [0, 0.1) is 5.92 Å². The van der Waals surface area contributed by atoms with Crippen molar-refractivity contribution in [2.45, 2.75) is 32.6 Å². The number of fused-ring (bicyclic) bond motifs is 3. The zero-order valence-corrected chi connectivity index (χ0v) is 19.7. The Kier molecular flexibility index (Phi) is 5.43. The van der Waals surface area contributed by atoms with Crippen molar-refractivity contribution in [3.05, 3.63) is 106 Å². The van der Waals surface area contributed by atoms with Crippen LogP contribution in [0.3, 0.4) is 0 Å². The average molecular weight is 450 g/mol. The van der Waals surface area contributed by atoms with Gasteiger partial charge in [-0.3, -0.25) is 4.99 Å². The molecule has 1 atom stereocenters. The zero-order valence-electron chi connectivity index (χ0n) is 18.9. The van der Waals surface area contributed by atoms with E-state index in [4.69, 9.17) is 9.73 Å². The number of thioether (sulfide) groups is 1. The van der Waals surface area contributed by atoms with Crippen LogP contribution in [-0.4, -0.2) is 11.7 Å². The van der Waals surface area contributed by atoms with Gasteiger partial charge in [-0.25, -0.2) is 0 Å². The molecule has 0 bridgehead atoms. The highest BCUT2D eigenvalue weighted by molar-refractivity contribution is 8.17. The number of allylic oxidation sites excluding steroid dienone is 4. The molecule has 3 aliphatic rings. The van der Waals surface area contributed by atoms with Crippen molar-refractivity contribution < 1.29 is 4.74 Å². The van der Waals surface area contributed by atoms with Crippen molar-refractivity contribution in [1.82, 2.24) is 0 Å². The van der Waals surface area contributed by atoms with Crippen LogP contribution in [0.5, 0.6) is 5.75 Å². The molecular weight excluding hydrogens is 422 g/mol. The summed E-state index contributed by atoms with van der Waals surface area (Å²) in [6.45, 7) is 3.05. The highest BCUT2D eigenvalue weighted by Crippen LogP contribution is 2.42. The summed E-state index contributed by atoms with van der Waals surface area (Å²) in [6.07, 6.45) is 11.0. The predicted octanol–water partition coefficient (Wildman–Crippen LogP) is 7.74. The Bertz CT molecular complexity index is 1360. The first-order valence-electron chi connectivity index (χ1n) is 11.8. The van der Waals surface area contributed by atoms with Crippen molar-refractivity contribution in [3.8, 4) is 5.75 Å². The fourth-order valence-corrected chi connectivity index (χ4v) is 6.27. The van der Waals surface area contributed by atoms with E-state index in [1.165, 1.54) is 48.6 Å². The molecule has 0 fully saturated rings. The third kappa shape index (κ3) is 4.18. The molecule has 0 amide bonds. The lowest BCUT2D eigenvalue weighted by molar-refractivity contribution is 0.357. The van der Waals surface area contributed by atoms with E-state index < -0.39 is 0 Å². The largest absolute Gasteiger partial charge is 0.493 e. The number of aliphatic imine (C=N–C) groups is 1. The van der Waals surface area contributed by atoms with Gasteiger partial charge in [0, 0.05) is 23.4 Å². The van der Waals surface area contributed by atoms with Gasteiger partial charge in [0.05, 0.1) is 11.7 Å². The third-order valence-electron chi connectivity index (χ3n) is 6.74. The van der Waals surface area contributed by atoms with Gasteiger partial charge in [-0.2, -0.15) is 0 Å². The molecule has 2 nitrogen and oxygen atoms in total. The number of ether oxygens (including phenoxy) is 1. The summed E-state index contributed by atoms with van der Waals surface area (Å²) < 4.78 is 5.65. The Morgan fingerprint density at radius 3 is 2.94 bits per heavy atom. The monoisotopic (exact) mass is 449 g/mol. The summed E-state index contributed by atoms with van der Waals surface area (Å²) in [5.74, 6) is 1.46. The maximum Gasteiger partial charge on any atom is 0.122 e. The van der Waals surface area contributed by atoms with Crippen LogP contribution in [0.2, 0.25) is 0 Å². The number of rotatable bonds is 4. The minimum Gasteiger partial charge on any atom is -0.493 e. The number of hydrogen-bond acceptors (Lipinski definition) is 3. The van der Waals surface area contributed by atoms with Crippen LogP contribution in [0.1, 0.15) is 36.5 Å². The molecule has 3 aliphatic heterocycles. The summed E-state index contributed by atoms with van der Waals surface area (Å²) in [5.41, 5.74) is 6.75. The van der Waals surface area contributed by atoms with E-state index in [0.29, 0.717) is 5.92 Å². The van der Waals surface area contributed by atoms with Gasteiger partial charge in [0.25, 0.3) is 0 Å². The Balaban J connectivity index is 1.16. The van der Waals surface area contributed by atoms with Gasteiger partial charge < -0.3 is 4.74 Å². The van der Waals surface area contributed by atoms with Crippen LogP contribution >= 0.6 is 11.8 Å². The topological polar surface area (TPSA) is 21.6 Å². The van der Waals surface area contributed by atoms with Crippen molar-refractivity contribution in [2.24, 2.45) is 10.9 Å². The molecule has 0 radical (unpaired) electrons.